The quantitative estimate of drug-likeness (QED) is 0.776. The van der Waals surface area contributed by atoms with Gasteiger partial charge in [0.2, 0.25) is 0 Å². The molecule has 1 saturated carbocycles. The topological polar surface area (TPSA) is 59.9 Å². The van der Waals surface area contributed by atoms with E-state index in [2.05, 4.69) is 15.0 Å². The third-order valence-corrected chi connectivity index (χ3v) is 5.17. The molecule has 1 aliphatic heterocycles. The Hall–Kier alpha value is -2.09. The second-order valence-corrected chi connectivity index (χ2v) is 7.08. The monoisotopic (exact) mass is 382 g/mol. The number of nitrogens with one attached hydrogen (secondary N) is 1. The molecule has 0 unspecified atom stereocenters. The van der Waals surface area contributed by atoms with E-state index >= 15 is 0 Å². The molecular weight excluding hydrogens is 362 g/mol. The summed E-state index contributed by atoms with van der Waals surface area (Å²) < 4.78 is 35.1. The van der Waals surface area contributed by atoms with Gasteiger partial charge in [-0.15, -0.1) is 0 Å². The van der Waals surface area contributed by atoms with E-state index in [-0.39, 0.29) is 23.4 Å². The van der Waals surface area contributed by atoms with Crippen molar-refractivity contribution >= 4 is 28.9 Å². The number of methoxy groups -OCH3 is 1. The highest BCUT2D eigenvalue weighted by Gasteiger charge is 2.26. The van der Waals surface area contributed by atoms with Crippen LogP contribution in [0.3, 0.4) is 0 Å². The van der Waals surface area contributed by atoms with E-state index in [9.17, 15) is 13.6 Å². The average molecular weight is 382 g/mol. The van der Waals surface area contributed by atoms with E-state index in [0.717, 1.165) is 25.7 Å². The van der Waals surface area contributed by atoms with Crippen LogP contribution in [0.4, 0.5) is 8.78 Å². The molecule has 8 heteroatoms. The first kappa shape index (κ1) is 18.7. The summed E-state index contributed by atoms with van der Waals surface area (Å²) >= 11 is 1.21. The van der Waals surface area contributed by atoms with Gasteiger partial charge in [0.05, 0.1) is 18.1 Å². The molecule has 1 N–H and O–H groups in total. The van der Waals surface area contributed by atoms with Crippen LogP contribution in [0.2, 0.25) is 0 Å². The predicted octanol–water partition coefficient (Wildman–Crippen LogP) is 4.19. The minimum absolute atomic E-state index is 0.0939. The van der Waals surface area contributed by atoms with Gasteiger partial charge in [0, 0.05) is 5.56 Å². The van der Waals surface area contributed by atoms with Gasteiger partial charge in [-0.1, -0.05) is 31.4 Å². The fourth-order valence-corrected chi connectivity index (χ4v) is 3.91. The number of hydrogen-bond donors (Lipinski definition) is 1. The largest absolute Gasteiger partial charge is 0.493 e. The van der Waals surface area contributed by atoms with Crippen LogP contribution in [0, 0.1) is 0 Å². The highest BCUT2D eigenvalue weighted by Crippen LogP contribution is 2.36. The highest BCUT2D eigenvalue weighted by atomic mass is 32.2. The molecule has 0 spiro atoms. The Kier molecular flexibility index (Phi) is 6.13. The molecule has 0 radical (unpaired) electrons. The molecule has 2 fully saturated rings. The summed E-state index contributed by atoms with van der Waals surface area (Å²) in [5.41, 5.74) is 0.348. The zero-order chi connectivity index (χ0) is 18.5. The lowest BCUT2D eigenvalue weighted by atomic mass is 9.96. The van der Waals surface area contributed by atoms with Gasteiger partial charge in [-0.2, -0.15) is 8.78 Å². The Labute approximate surface area is 154 Å². The van der Waals surface area contributed by atoms with Crippen molar-refractivity contribution < 1.29 is 23.0 Å². The molecule has 2 aliphatic rings. The Morgan fingerprint density at radius 2 is 2.08 bits per heavy atom. The Bertz CT molecular complexity index is 731. The molecule has 26 heavy (non-hydrogen) atoms. The van der Waals surface area contributed by atoms with E-state index in [1.54, 1.807) is 12.1 Å². The number of carbonyl (C=O) groups excluding carboxylic acids is 1. The standard InChI is InChI=1S/C18H20F2N2O3S/c1-24-13-9-5-6-11(15(13)25-17(19)20)10-14-16(23)22-18(26-14)21-12-7-3-2-4-8-12/h5-6,9-10,12,17H,2-4,7-8H2,1H3,(H,21,22,23). The first-order valence-corrected chi connectivity index (χ1v) is 9.29. The number of aliphatic imine (C=N–C) groups is 1. The minimum atomic E-state index is -2.99. The number of nitrogens with zero attached hydrogens (tertiary/aromatic N) is 1. The van der Waals surface area contributed by atoms with Crippen LogP contribution >= 0.6 is 11.8 Å². The van der Waals surface area contributed by atoms with E-state index < -0.39 is 6.61 Å². The number of halogens is 2. The first-order chi connectivity index (χ1) is 12.6. The van der Waals surface area contributed by atoms with E-state index in [1.807, 2.05) is 0 Å². The summed E-state index contributed by atoms with van der Waals surface area (Å²) in [6, 6.07) is 5.01. The van der Waals surface area contributed by atoms with Gasteiger partial charge in [0.25, 0.3) is 5.91 Å². The van der Waals surface area contributed by atoms with Crippen molar-refractivity contribution in [1.82, 2.24) is 5.32 Å². The molecule has 1 heterocycles. The number of benzene rings is 1. The molecule has 1 saturated heterocycles. The summed E-state index contributed by atoms with van der Waals surface area (Å²) in [4.78, 5) is 17.2. The Morgan fingerprint density at radius 3 is 2.77 bits per heavy atom. The molecule has 0 bridgehead atoms. The molecule has 140 valence electrons. The van der Waals surface area contributed by atoms with Gasteiger partial charge >= 0.3 is 6.61 Å². The first-order valence-electron chi connectivity index (χ1n) is 8.47. The van der Waals surface area contributed by atoms with Crippen molar-refractivity contribution in [3.8, 4) is 11.5 Å². The van der Waals surface area contributed by atoms with E-state index in [0.29, 0.717) is 15.6 Å². The van der Waals surface area contributed by atoms with Crippen molar-refractivity contribution in [1.29, 1.82) is 0 Å². The third-order valence-electron chi connectivity index (χ3n) is 4.25. The van der Waals surface area contributed by atoms with Crippen LogP contribution in [0.25, 0.3) is 6.08 Å². The number of para-hydroxylation sites is 1. The zero-order valence-corrected chi connectivity index (χ0v) is 15.2. The summed E-state index contributed by atoms with van der Waals surface area (Å²) in [7, 11) is 1.37. The SMILES string of the molecule is COc1cccc(C=C2SC(=NC3CCCCC3)NC2=O)c1OC(F)F. The van der Waals surface area contributed by atoms with Crippen molar-refractivity contribution in [2.45, 2.75) is 44.8 Å². The molecule has 1 aromatic carbocycles. The van der Waals surface area contributed by atoms with Crippen molar-refractivity contribution in [3.05, 3.63) is 28.7 Å². The lowest BCUT2D eigenvalue weighted by Crippen LogP contribution is -2.22. The number of alkyl halides is 2. The van der Waals surface area contributed by atoms with Crippen LogP contribution < -0.4 is 14.8 Å². The maximum atomic E-state index is 12.7. The molecule has 0 atom stereocenters. The highest BCUT2D eigenvalue weighted by molar-refractivity contribution is 8.18. The van der Waals surface area contributed by atoms with Gasteiger partial charge in [0.15, 0.2) is 16.7 Å². The number of carbonyl (C=O) groups is 1. The molecular formula is C18H20F2N2O3S. The molecule has 0 aromatic heterocycles. The predicted molar refractivity (Wildman–Crippen MR) is 97.6 cm³/mol. The Morgan fingerprint density at radius 1 is 1.31 bits per heavy atom. The van der Waals surface area contributed by atoms with Crippen molar-refractivity contribution in [2.75, 3.05) is 7.11 Å². The second kappa shape index (κ2) is 8.53. The van der Waals surface area contributed by atoms with Gasteiger partial charge in [-0.25, -0.2) is 0 Å². The second-order valence-electron chi connectivity index (χ2n) is 6.05. The van der Waals surface area contributed by atoms with Crippen molar-refractivity contribution in [2.24, 2.45) is 4.99 Å². The normalized spacial score (nSPS) is 21.5. The van der Waals surface area contributed by atoms with Gasteiger partial charge in [-0.3, -0.25) is 9.79 Å². The number of ether oxygens (including phenoxy) is 2. The van der Waals surface area contributed by atoms with E-state index in [4.69, 9.17) is 4.74 Å². The number of thioether (sulfide) groups is 1. The molecule has 5 nitrogen and oxygen atoms in total. The summed E-state index contributed by atoms with van der Waals surface area (Å²) in [5, 5.41) is 3.31. The van der Waals surface area contributed by atoms with E-state index in [1.165, 1.54) is 37.4 Å². The fourth-order valence-electron chi connectivity index (χ4n) is 3.03. The zero-order valence-electron chi connectivity index (χ0n) is 14.3. The summed E-state index contributed by atoms with van der Waals surface area (Å²) in [6.45, 7) is -2.99. The van der Waals surface area contributed by atoms with Gasteiger partial charge < -0.3 is 14.8 Å². The minimum Gasteiger partial charge on any atom is -0.493 e. The van der Waals surface area contributed by atoms with Crippen molar-refractivity contribution in [3.63, 3.8) is 0 Å². The number of amidine groups is 1. The number of amides is 1. The summed E-state index contributed by atoms with van der Waals surface area (Å²) in [5.74, 6) is -0.210. The third kappa shape index (κ3) is 4.55. The number of hydrogen-bond acceptors (Lipinski definition) is 5. The van der Waals surface area contributed by atoms with Crippen LogP contribution in [0.15, 0.2) is 28.1 Å². The fraction of sp³-hybridized carbons (Fsp3) is 0.444. The van der Waals surface area contributed by atoms with Gasteiger partial charge in [0.1, 0.15) is 0 Å². The molecule has 1 aliphatic carbocycles. The summed E-state index contributed by atoms with van der Waals surface area (Å²) in [6.07, 6.45) is 7.11. The lowest BCUT2D eigenvalue weighted by Gasteiger charge is -2.17. The lowest BCUT2D eigenvalue weighted by molar-refractivity contribution is -0.115. The number of rotatable bonds is 5. The Balaban J connectivity index is 1.83. The maximum absolute atomic E-state index is 12.7. The smallest absolute Gasteiger partial charge is 0.387 e. The molecule has 1 aromatic rings. The maximum Gasteiger partial charge on any atom is 0.387 e. The molecule has 3 rings (SSSR count). The van der Waals surface area contributed by atoms with Crippen LogP contribution in [0.1, 0.15) is 37.7 Å². The van der Waals surface area contributed by atoms with Crippen LogP contribution in [-0.4, -0.2) is 30.8 Å². The molecule has 1 amide bonds. The van der Waals surface area contributed by atoms with Crippen LogP contribution in [-0.2, 0) is 4.79 Å². The van der Waals surface area contributed by atoms with Gasteiger partial charge in [-0.05, 0) is 36.7 Å². The van der Waals surface area contributed by atoms with Crippen LogP contribution in [0.5, 0.6) is 11.5 Å². The average Bonchev–Trinajstić information content (AvgIpc) is 2.96.